The van der Waals surface area contributed by atoms with Gasteiger partial charge in [-0.25, -0.2) is 13.4 Å². The summed E-state index contributed by atoms with van der Waals surface area (Å²) in [7, 11) is -3.44. The van der Waals surface area contributed by atoms with E-state index in [9.17, 15) is 8.42 Å². The summed E-state index contributed by atoms with van der Waals surface area (Å²) in [6, 6.07) is 3.93. The van der Waals surface area contributed by atoms with Crippen LogP contribution in [0.4, 0.5) is 0 Å². The van der Waals surface area contributed by atoms with Gasteiger partial charge in [-0.15, -0.1) is 6.58 Å². The topological polar surface area (TPSA) is 53.5 Å². The molecule has 0 aliphatic carbocycles. The highest BCUT2D eigenvalue weighted by atomic mass is 79.9. The number of hydrogen-bond donors (Lipinski definition) is 0. The van der Waals surface area contributed by atoms with Crippen molar-refractivity contribution >= 4 is 26.0 Å². The van der Waals surface area contributed by atoms with Gasteiger partial charge in [-0.05, 0) is 53.0 Å². The minimum absolute atomic E-state index is 0.0463. The van der Waals surface area contributed by atoms with Crippen molar-refractivity contribution < 1.29 is 8.42 Å². The van der Waals surface area contributed by atoms with Crippen LogP contribution in [-0.2, 0) is 16.6 Å². The largest absolute Gasteiger partial charge is 0.297 e. The summed E-state index contributed by atoms with van der Waals surface area (Å²) in [5, 5.41) is 1.02. The van der Waals surface area contributed by atoms with Crippen LogP contribution >= 0.6 is 15.9 Å². The monoisotopic (exact) mass is 399 g/mol. The molecule has 0 aromatic carbocycles. The molecule has 1 atom stereocenters. The third kappa shape index (κ3) is 4.97. The molecule has 1 aliphatic heterocycles. The van der Waals surface area contributed by atoms with Crippen LogP contribution in [0.3, 0.4) is 0 Å². The van der Waals surface area contributed by atoms with Crippen LogP contribution in [0.2, 0.25) is 0 Å². The third-order valence-electron chi connectivity index (χ3n) is 3.93. The molecule has 0 bridgehead atoms. The molecule has 7 heteroatoms. The summed E-state index contributed by atoms with van der Waals surface area (Å²) in [4.78, 5) is 6.41. The fraction of sp³-hybridized carbons (Fsp3) is 0.438. The Morgan fingerprint density at radius 2 is 2.26 bits per heavy atom. The van der Waals surface area contributed by atoms with E-state index in [1.807, 2.05) is 12.1 Å². The van der Waals surface area contributed by atoms with E-state index < -0.39 is 10.0 Å². The minimum Gasteiger partial charge on any atom is -0.297 e. The van der Waals surface area contributed by atoms with E-state index in [0.717, 1.165) is 41.5 Å². The van der Waals surface area contributed by atoms with Gasteiger partial charge in [0.2, 0.25) is 10.0 Å². The summed E-state index contributed by atoms with van der Waals surface area (Å²) >= 11 is 3.38. The van der Waals surface area contributed by atoms with Crippen LogP contribution in [0.5, 0.6) is 0 Å². The Balaban J connectivity index is 2.09. The van der Waals surface area contributed by atoms with Gasteiger partial charge in [0.15, 0.2) is 0 Å². The highest BCUT2D eigenvalue weighted by Gasteiger charge is 2.30. The smallest absolute Gasteiger partial charge is 0.236 e. The second kappa shape index (κ2) is 8.19. The Bertz CT molecular complexity index is 663. The molecule has 1 aromatic heterocycles. The van der Waals surface area contributed by atoms with Crippen molar-refractivity contribution in [1.29, 1.82) is 0 Å². The first kappa shape index (κ1) is 18.3. The molecule has 5 nitrogen and oxygen atoms in total. The van der Waals surface area contributed by atoms with Gasteiger partial charge in [0, 0.05) is 37.3 Å². The molecular formula is C16H22BrN3O2S. The van der Waals surface area contributed by atoms with Crippen molar-refractivity contribution in [3.63, 3.8) is 0 Å². The SMILES string of the molecule is C=CCN([C@@H]1CCCN(Cc2ccnc(Br)c2)C1)S(=O)(=O)C=C. The first-order valence-corrected chi connectivity index (χ1v) is 9.84. The number of halogens is 1. The quantitative estimate of drug-likeness (QED) is 0.522. The summed E-state index contributed by atoms with van der Waals surface area (Å²) in [5.74, 6) is 0. The first-order valence-electron chi connectivity index (χ1n) is 7.54. The number of nitrogens with zero attached hydrogens (tertiary/aromatic N) is 3. The number of piperidine rings is 1. The van der Waals surface area contributed by atoms with Gasteiger partial charge in [0.05, 0.1) is 0 Å². The second-order valence-electron chi connectivity index (χ2n) is 5.59. The van der Waals surface area contributed by atoms with E-state index in [4.69, 9.17) is 0 Å². The number of rotatable bonds is 7. The summed E-state index contributed by atoms with van der Waals surface area (Å²) in [6.45, 7) is 9.88. The van der Waals surface area contributed by atoms with Crippen molar-refractivity contribution in [2.75, 3.05) is 19.6 Å². The van der Waals surface area contributed by atoms with Gasteiger partial charge in [0.1, 0.15) is 4.60 Å². The average molecular weight is 400 g/mol. The maximum absolute atomic E-state index is 12.2. The lowest BCUT2D eigenvalue weighted by atomic mass is 10.0. The Morgan fingerprint density at radius 3 is 2.91 bits per heavy atom. The van der Waals surface area contributed by atoms with Crippen LogP contribution in [-0.4, -0.2) is 48.3 Å². The Morgan fingerprint density at radius 1 is 1.48 bits per heavy atom. The molecule has 2 rings (SSSR count). The van der Waals surface area contributed by atoms with Crippen LogP contribution in [0.25, 0.3) is 0 Å². The van der Waals surface area contributed by atoms with E-state index in [0.29, 0.717) is 13.1 Å². The molecule has 0 spiro atoms. The third-order valence-corrected chi connectivity index (χ3v) is 5.89. The lowest BCUT2D eigenvalue weighted by molar-refractivity contribution is 0.148. The lowest BCUT2D eigenvalue weighted by Crippen LogP contribution is -2.49. The number of hydrogen-bond acceptors (Lipinski definition) is 4. The molecule has 23 heavy (non-hydrogen) atoms. The maximum Gasteiger partial charge on any atom is 0.236 e. The van der Waals surface area contributed by atoms with Crippen molar-refractivity contribution in [3.05, 3.63) is 53.1 Å². The van der Waals surface area contributed by atoms with E-state index in [-0.39, 0.29) is 6.04 Å². The van der Waals surface area contributed by atoms with Gasteiger partial charge in [-0.2, -0.15) is 4.31 Å². The highest BCUT2D eigenvalue weighted by Crippen LogP contribution is 2.21. The zero-order valence-electron chi connectivity index (χ0n) is 13.1. The minimum atomic E-state index is -3.44. The van der Waals surface area contributed by atoms with Gasteiger partial charge in [-0.1, -0.05) is 12.7 Å². The molecule has 0 radical (unpaired) electrons. The zero-order valence-corrected chi connectivity index (χ0v) is 15.5. The second-order valence-corrected chi connectivity index (χ2v) is 8.23. The number of pyridine rings is 1. The average Bonchev–Trinajstić information content (AvgIpc) is 2.52. The van der Waals surface area contributed by atoms with Crippen LogP contribution in [0.1, 0.15) is 18.4 Å². The predicted molar refractivity (Wildman–Crippen MR) is 96.3 cm³/mol. The van der Waals surface area contributed by atoms with E-state index in [2.05, 4.69) is 39.0 Å². The lowest BCUT2D eigenvalue weighted by Gasteiger charge is -2.37. The van der Waals surface area contributed by atoms with Crippen LogP contribution in [0.15, 0.2) is 47.6 Å². The molecule has 1 fully saturated rings. The normalized spacial score (nSPS) is 19.7. The molecule has 0 N–H and O–H groups in total. The van der Waals surface area contributed by atoms with Crippen LogP contribution < -0.4 is 0 Å². The molecule has 2 heterocycles. The van der Waals surface area contributed by atoms with Gasteiger partial charge in [0.25, 0.3) is 0 Å². The van der Waals surface area contributed by atoms with Crippen LogP contribution in [0, 0.1) is 0 Å². The molecule has 1 aromatic rings. The van der Waals surface area contributed by atoms with Crippen molar-refractivity contribution in [1.82, 2.24) is 14.2 Å². The van der Waals surface area contributed by atoms with Gasteiger partial charge >= 0.3 is 0 Å². The predicted octanol–water partition coefficient (Wildman–Crippen LogP) is 2.77. The highest BCUT2D eigenvalue weighted by molar-refractivity contribution is 9.10. The summed E-state index contributed by atoms with van der Waals surface area (Å²) in [5.41, 5.74) is 1.16. The van der Waals surface area contributed by atoms with Gasteiger partial charge < -0.3 is 0 Å². The van der Waals surface area contributed by atoms with Crippen molar-refractivity contribution in [2.45, 2.75) is 25.4 Å². The van der Waals surface area contributed by atoms with E-state index in [1.165, 1.54) is 4.31 Å². The summed E-state index contributed by atoms with van der Waals surface area (Å²) in [6.07, 6.45) is 5.22. The molecular weight excluding hydrogens is 378 g/mol. The number of aromatic nitrogens is 1. The standard InChI is InChI=1S/C16H22BrN3O2S/c1-3-9-20(23(21,22)4-2)15-6-5-10-19(13-15)12-14-7-8-18-16(17)11-14/h3-4,7-8,11,15H,1-2,5-6,9-10,12-13H2/t15-/m1/s1. The van der Waals surface area contributed by atoms with E-state index in [1.54, 1.807) is 12.3 Å². The van der Waals surface area contributed by atoms with Crippen molar-refractivity contribution in [3.8, 4) is 0 Å². The Labute approximate surface area is 146 Å². The zero-order chi connectivity index (χ0) is 16.9. The van der Waals surface area contributed by atoms with E-state index >= 15 is 0 Å². The van der Waals surface area contributed by atoms with Crippen molar-refractivity contribution in [2.24, 2.45) is 0 Å². The Hall–Kier alpha value is -1.02. The summed E-state index contributed by atoms with van der Waals surface area (Å²) < 4.78 is 26.8. The fourth-order valence-corrected chi connectivity index (χ4v) is 4.40. The molecule has 1 aliphatic rings. The Kier molecular flexibility index (Phi) is 6.52. The number of sulfonamides is 1. The maximum atomic E-state index is 12.2. The molecule has 0 saturated carbocycles. The molecule has 0 amide bonds. The molecule has 1 saturated heterocycles. The molecule has 0 unspecified atom stereocenters. The molecule has 126 valence electrons. The number of likely N-dealkylation sites (tertiary alicyclic amines) is 1. The fourth-order valence-electron chi connectivity index (χ4n) is 2.89. The first-order chi connectivity index (χ1) is 11.0. The van der Waals surface area contributed by atoms with Gasteiger partial charge in [-0.3, -0.25) is 4.90 Å².